The van der Waals surface area contributed by atoms with Crippen LogP contribution in [0.25, 0.3) is 0 Å². The number of nitrogens with one attached hydrogen (secondary N) is 1. The van der Waals surface area contributed by atoms with Gasteiger partial charge in [0.25, 0.3) is 0 Å². The number of nitrogens with zero attached hydrogens (tertiary/aromatic N) is 1. The minimum Gasteiger partial charge on any atom is -0.394 e. The van der Waals surface area contributed by atoms with Crippen molar-refractivity contribution in [2.75, 3.05) is 6.61 Å². The van der Waals surface area contributed by atoms with Crippen molar-refractivity contribution in [1.29, 1.82) is 0 Å². The van der Waals surface area contributed by atoms with Gasteiger partial charge in [-0.2, -0.15) is 0 Å². The standard InChI is InChI=1S/C10H14N2O5S/c1-4-2-12(10(16)11-8(4)18)9-7(15)6(14)5(3-13)17-9/h2,5-7,9,13-15H,3H2,1H3,(H,11,16,18)/t5-,6?,7?,9-/m1/s1. The van der Waals surface area contributed by atoms with Crippen LogP contribution in [-0.4, -0.2) is 49.8 Å². The van der Waals surface area contributed by atoms with Crippen molar-refractivity contribution in [1.82, 2.24) is 9.55 Å². The fraction of sp³-hybridized carbons (Fsp3) is 0.600. The molecule has 1 fully saturated rings. The number of aryl methyl sites for hydroxylation is 1. The molecule has 1 aromatic heterocycles. The first kappa shape index (κ1) is 13.4. The summed E-state index contributed by atoms with van der Waals surface area (Å²) in [4.78, 5) is 14.2. The summed E-state index contributed by atoms with van der Waals surface area (Å²) in [6, 6.07) is 0. The van der Waals surface area contributed by atoms with Crippen molar-refractivity contribution in [2.45, 2.75) is 31.5 Å². The summed E-state index contributed by atoms with van der Waals surface area (Å²) < 4.78 is 6.68. The number of H-pyrrole nitrogens is 1. The second-order valence-electron chi connectivity index (χ2n) is 4.21. The van der Waals surface area contributed by atoms with Crippen LogP contribution in [0.1, 0.15) is 11.8 Å². The third kappa shape index (κ3) is 2.13. The first-order valence-corrected chi connectivity index (χ1v) is 5.81. The molecule has 100 valence electrons. The predicted octanol–water partition coefficient (Wildman–Crippen LogP) is -1.17. The summed E-state index contributed by atoms with van der Waals surface area (Å²) in [6.45, 7) is 1.27. The molecule has 1 aliphatic heterocycles. The number of aliphatic hydroxyl groups excluding tert-OH is 3. The average Bonchev–Trinajstić information content (AvgIpc) is 2.61. The third-order valence-electron chi connectivity index (χ3n) is 2.94. The summed E-state index contributed by atoms with van der Waals surface area (Å²) in [5.74, 6) is 0. The zero-order chi connectivity index (χ0) is 13.4. The van der Waals surface area contributed by atoms with Crippen molar-refractivity contribution < 1.29 is 20.1 Å². The fourth-order valence-electron chi connectivity index (χ4n) is 1.88. The molecule has 1 saturated heterocycles. The molecule has 0 spiro atoms. The zero-order valence-electron chi connectivity index (χ0n) is 9.61. The molecule has 0 saturated carbocycles. The molecule has 2 rings (SSSR count). The van der Waals surface area contributed by atoms with Gasteiger partial charge in [0.2, 0.25) is 0 Å². The van der Waals surface area contributed by atoms with E-state index in [1.807, 2.05) is 0 Å². The van der Waals surface area contributed by atoms with Gasteiger partial charge in [0.1, 0.15) is 23.0 Å². The van der Waals surface area contributed by atoms with Gasteiger partial charge in [0.05, 0.1) is 6.61 Å². The number of hydrogen-bond acceptors (Lipinski definition) is 6. The first-order chi connectivity index (χ1) is 8.45. The molecule has 4 atom stereocenters. The molecule has 0 aliphatic carbocycles. The maximum absolute atomic E-state index is 11.7. The number of hydrogen-bond donors (Lipinski definition) is 4. The Labute approximate surface area is 107 Å². The maximum atomic E-state index is 11.7. The van der Waals surface area contributed by atoms with Gasteiger partial charge in [0.15, 0.2) is 6.23 Å². The summed E-state index contributed by atoms with van der Waals surface area (Å²) in [7, 11) is 0. The number of ether oxygens (including phenoxy) is 1. The third-order valence-corrected chi connectivity index (χ3v) is 3.36. The number of aromatic amines is 1. The van der Waals surface area contributed by atoms with Crippen molar-refractivity contribution in [2.24, 2.45) is 0 Å². The minimum absolute atomic E-state index is 0.308. The molecular weight excluding hydrogens is 260 g/mol. The van der Waals surface area contributed by atoms with E-state index in [0.717, 1.165) is 4.57 Å². The van der Waals surface area contributed by atoms with E-state index in [1.165, 1.54) is 6.20 Å². The summed E-state index contributed by atoms with van der Waals surface area (Å²) in [6.07, 6.45) is -3.05. The van der Waals surface area contributed by atoms with Gasteiger partial charge in [-0.25, -0.2) is 4.79 Å². The summed E-state index contributed by atoms with van der Waals surface area (Å²) >= 11 is 4.91. The lowest BCUT2D eigenvalue weighted by Crippen LogP contribution is -2.36. The number of aromatic nitrogens is 2. The van der Waals surface area contributed by atoms with Crippen molar-refractivity contribution in [3.8, 4) is 0 Å². The van der Waals surface area contributed by atoms with Crippen LogP contribution in [-0.2, 0) is 4.74 Å². The lowest BCUT2D eigenvalue weighted by atomic mass is 10.1. The average molecular weight is 274 g/mol. The highest BCUT2D eigenvalue weighted by atomic mass is 32.1. The Balaban J connectivity index is 2.42. The van der Waals surface area contributed by atoms with Crippen molar-refractivity contribution in [3.63, 3.8) is 0 Å². The van der Waals surface area contributed by atoms with Crippen LogP contribution >= 0.6 is 12.2 Å². The molecule has 1 aliphatic rings. The smallest absolute Gasteiger partial charge is 0.328 e. The quantitative estimate of drug-likeness (QED) is 0.506. The molecule has 8 heteroatoms. The topological polar surface area (TPSA) is 108 Å². The second kappa shape index (κ2) is 4.90. The minimum atomic E-state index is -1.29. The summed E-state index contributed by atoms with van der Waals surface area (Å²) in [5.41, 5.74) is 0.0998. The van der Waals surface area contributed by atoms with Gasteiger partial charge in [0, 0.05) is 11.8 Å². The largest absolute Gasteiger partial charge is 0.394 e. The van der Waals surface area contributed by atoms with E-state index in [2.05, 4.69) is 4.98 Å². The molecule has 7 nitrogen and oxygen atoms in total. The van der Waals surface area contributed by atoms with Crippen LogP contribution in [0.2, 0.25) is 0 Å². The lowest BCUT2D eigenvalue weighted by Gasteiger charge is -2.17. The van der Waals surface area contributed by atoms with Crippen molar-refractivity contribution in [3.05, 3.63) is 26.9 Å². The van der Waals surface area contributed by atoms with E-state index >= 15 is 0 Å². The van der Waals surface area contributed by atoms with Gasteiger partial charge in [-0.15, -0.1) is 0 Å². The Kier molecular flexibility index (Phi) is 3.64. The highest BCUT2D eigenvalue weighted by molar-refractivity contribution is 7.71. The second-order valence-corrected chi connectivity index (χ2v) is 4.62. The molecule has 2 heterocycles. The number of rotatable bonds is 2. The van der Waals surface area contributed by atoms with E-state index in [1.54, 1.807) is 6.92 Å². The molecule has 0 amide bonds. The summed E-state index contributed by atoms with van der Waals surface area (Å²) in [5, 5.41) is 28.4. The normalized spacial score (nSPS) is 31.8. The van der Waals surface area contributed by atoms with Crippen LogP contribution in [0.5, 0.6) is 0 Å². The monoisotopic (exact) mass is 274 g/mol. The Morgan fingerprint density at radius 3 is 2.72 bits per heavy atom. The molecule has 2 unspecified atom stereocenters. The van der Waals surface area contributed by atoms with Gasteiger partial charge in [-0.1, -0.05) is 12.2 Å². The van der Waals surface area contributed by atoms with Gasteiger partial charge in [-0.05, 0) is 6.92 Å². The van der Waals surface area contributed by atoms with Crippen LogP contribution in [0, 0.1) is 11.6 Å². The van der Waals surface area contributed by atoms with E-state index in [4.69, 9.17) is 22.1 Å². The van der Waals surface area contributed by atoms with E-state index in [0.29, 0.717) is 10.2 Å². The van der Waals surface area contributed by atoms with E-state index < -0.39 is 36.8 Å². The highest BCUT2D eigenvalue weighted by Gasteiger charge is 2.43. The number of aliphatic hydroxyl groups is 3. The van der Waals surface area contributed by atoms with Crippen LogP contribution in [0.3, 0.4) is 0 Å². The lowest BCUT2D eigenvalue weighted by molar-refractivity contribution is -0.0550. The molecule has 0 radical (unpaired) electrons. The molecule has 4 N–H and O–H groups in total. The molecule has 1 aromatic rings. The SMILES string of the molecule is Cc1cn([C@@H]2O[C@H](CO)C(O)C2O)c(=O)[nH]c1=S. The Hall–Kier alpha value is -1.06. The Morgan fingerprint density at radius 1 is 1.50 bits per heavy atom. The Bertz CT molecular complexity index is 554. The maximum Gasteiger partial charge on any atom is 0.328 e. The van der Waals surface area contributed by atoms with E-state index in [-0.39, 0.29) is 0 Å². The van der Waals surface area contributed by atoms with Crippen LogP contribution < -0.4 is 5.69 Å². The van der Waals surface area contributed by atoms with Gasteiger partial charge in [-0.3, -0.25) is 9.55 Å². The predicted molar refractivity (Wildman–Crippen MR) is 63.6 cm³/mol. The van der Waals surface area contributed by atoms with Crippen LogP contribution in [0.4, 0.5) is 0 Å². The van der Waals surface area contributed by atoms with Gasteiger partial charge < -0.3 is 20.1 Å². The molecular formula is C10H14N2O5S. The molecule has 18 heavy (non-hydrogen) atoms. The first-order valence-electron chi connectivity index (χ1n) is 5.40. The molecule has 0 bridgehead atoms. The molecule has 0 aromatic carbocycles. The van der Waals surface area contributed by atoms with Crippen molar-refractivity contribution >= 4 is 12.2 Å². The zero-order valence-corrected chi connectivity index (χ0v) is 10.4. The Morgan fingerprint density at radius 2 is 2.17 bits per heavy atom. The van der Waals surface area contributed by atoms with E-state index in [9.17, 15) is 15.0 Å². The fourth-order valence-corrected chi connectivity index (χ4v) is 2.03. The van der Waals surface area contributed by atoms with Gasteiger partial charge >= 0.3 is 5.69 Å². The van der Waals surface area contributed by atoms with Crippen LogP contribution in [0.15, 0.2) is 11.0 Å². The highest BCUT2D eigenvalue weighted by Crippen LogP contribution is 2.28.